The van der Waals surface area contributed by atoms with Crippen molar-refractivity contribution in [1.82, 2.24) is 14.9 Å². The molecule has 0 aliphatic carbocycles. The van der Waals surface area contributed by atoms with Crippen molar-refractivity contribution in [2.45, 2.75) is 18.9 Å². The molecule has 0 aromatic carbocycles. The second-order valence-electron chi connectivity index (χ2n) is 5.06. The molecule has 0 unspecified atom stereocenters. The maximum absolute atomic E-state index is 12.4. The van der Waals surface area contributed by atoms with Crippen LogP contribution in [0.1, 0.15) is 29.1 Å². The molecule has 0 spiro atoms. The Morgan fingerprint density at radius 3 is 3.00 bits per heavy atom. The zero-order chi connectivity index (χ0) is 16.2. The first-order chi connectivity index (χ1) is 11.2. The van der Waals surface area contributed by atoms with Crippen molar-refractivity contribution >= 4 is 21.8 Å². The van der Waals surface area contributed by atoms with E-state index in [4.69, 9.17) is 14.4 Å². The van der Waals surface area contributed by atoms with Crippen LogP contribution in [0.4, 0.5) is 0 Å². The Labute approximate surface area is 141 Å². The molecule has 0 saturated carbocycles. The first-order valence-corrected chi connectivity index (χ1v) is 7.89. The number of ether oxygens (including phenoxy) is 1. The van der Waals surface area contributed by atoms with Gasteiger partial charge in [0.25, 0.3) is 11.8 Å². The van der Waals surface area contributed by atoms with Crippen LogP contribution in [0, 0.1) is 11.3 Å². The van der Waals surface area contributed by atoms with Gasteiger partial charge in [-0.25, -0.2) is 9.97 Å². The van der Waals surface area contributed by atoms with Crippen molar-refractivity contribution in [3.63, 3.8) is 0 Å². The molecule has 1 fully saturated rings. The zero-order valence-electron chi connectivity index (χ0n) is 12.1. The Bertz CT molecular complexity index is 755. The number of nitrogens with zero attached hydrogens (tertiary/aromatic N) is 4. The van der Waals surface area contributed by atoms with E-state index in [-0.39, 0.29) is 29.3 Å². The molecule has 118 valence electrons. The summed E-state index contributed by atoms with van der Waals surface area (Å²) in [7, 11) is 0. The predicted octanol–water partition coefficient (Wildman–Crippen LogP) is 2.39. The number of piperidine rings is 1. The zero-order valence-corrected chi connectivity index (χ0v) is 13.7. The van der Waals surface area contributed by atoms with Crippen molar-refractivity contribution in [1.29, 1.82) is 5.26 Å². The van der Waals surface area contributed by atoms with Gasteiger partial charge < -0.3 is 14.1 Å². The standard InChI is InChI=1S/C15H13BrN4O3/c16-13-4-3-12(23-13)15(21)20-7-1-2-10(9-20)22-14-11(8-17)18-5-6-19-14/h3-6,10H,1-2,7,9H2/t10-/m0/s1. The molecule has 2 aromatic rings. The molecule has 1 amide bonds. The van der Waals surface area contributed by atoms with Crippen molar-refractivity contribution < 1.29 is 13.9 Å². The van der Waals surface area contributed by atoms with Crippen LogP contribution < -0.4 is 4.74 Å². The second-order valence-corrected chi connectivity index (χ2v) is 5.84. The lowest BCUT2D eigenvalue weighted by Gasteiger charge is -2.32. The summed E-state index contributed by atoms with van der Waals surface area (Å²) in [5, 5.41) is 9.03. The maximum Gasteiger partial charge on any atom is 0.289 e. The summed E-state index contributed by atoms with van der Waals surface area (Å²) >= 11 is 3.19. The molecule has 1 aliphatic rings. The number of likely N-dealkylation sites (tertiary alicyclic amines) is 1. The quantitative estimate of drug-likeness (QED) is 0.816. The molecule has 0 N–H and O–H groups in total. The molecule has 2 aromatic heterocycles. The number of halogens is 1. The number of carbonyl (C=O) groups is 1. The van der Waals surface area contributed by atoms with Crippen LogP contribution in [0.5, 0.6) is 5.88 Å². The van der Waals surface area contributed by atoms with E-state index >= 15 is 0 Å². The summed E-state index contributed by atoms with van der Waals surface area (Å²) in [6.45, 7) is 1.06. The van der Waals surface area contributed by atoms with Crippen LogP contribution in [0.15, 0.2) is 33.6 Å². The minimum atomic E-state index is -0.227. The number of amides is 1. The number of rotatable bonds is 3. The average Bonchev–Trinajstić information content (AvgIpc) is 3.01. The first-order valence-electron chi connectivity index (χ1n) is 7.09. The number of carbonyl (C=O) groups excluding carboxylic acids is 1. The molecule has 7 nitrogen and oxygen atoms in total. The van der Waals surface area contributed by atoms with Crippen molar-refractivity contribution in [2.24, 2.45) is 0 Å². The number of hydrogen-bond acceptors (Lipinski definition) is 6. The Kier molecular flexibility index (Phi) is 4.57. The van der Waals surface area contributed by atoms with Crippen LogP contribution in [0.25, 0.3) is 0 Å². The normalized spacial score (nSPS) is 17.6. The minimum absolute atomic E-state index is 0.144. The van der Waals surface area contributed by atoms with Crippen LogP contribution in [0.2, 0.25) is 0 Å². The van der Waals surface area contributed by atoms with Crippen LogP contribution >= 0.6 is 15.9 Å². The van der Waals surface area contributed by atoms with E-state index in [9.17, 15) is 4.79 Å². The summed E-state index contributed by atoms with van der Waals surface area (Å²) in [5.74, 6) is 0.313. The molecule has 3 rings (SSSR count). The van der Waals surface area contributed by atoms with Gasteiger partial charge in [0, 0.05) is 18.9 Å². The summed E-state index contributed by atoms with van der Waals surface area (Å²) < 4.78 is 11.6. The summed E-state index contributed by atoms with van der Waals surface area (Å²) in [5.41, 5.74) is 0.144. The highest BCUT2D eigenvalue weighted by atomic mass is 79.9. The van der Waals surface area contributed by atoms with E-state index in [0.717, 1.165) is 12.8 Å². The monoisotopic (exact) mass is 376 g/mol. The number of nitriles is 1. The Balaban J connectivity index is 1.69. The molecule has 1 saturated heterocycles. The summed E-state index contributed by atoms with van der Waals surface area (Å²) in [4.78, 5) is 22.0. The fourth-order valence-electron chi connectivity index (χ4n) is 2.45. The average molecular weight is 377 g/mol. The highest BCUT2D eigenvalue weighted by Crippen LogP contribution is 2.21. The van der Waals surface area contributed by atoms with Gasteiger partial charge in [0.1, 0.15) is 12.2 Å². The molecule has 23 heavy (non-hydrogen) atoms. The largest absolute Gasteiger partial charge is 0.470 e. The topological polar surface area (TPSA) is 92.2 Å². The van der Waals surface area contributed by atoms with Gasteiger partial charge in [-0.1, -0.05) is 0 Å². The van der Waals surface area contributed by atoms with Crippen molar-refractivity contribution in [3.05, 3.63) is 40.7 Å². The van der Waals surface area contributed by atoms with E-state index in [1.807, 2.05) is 6.07 Å². The minimum Gasteiger partial charge on any atom is -0.470 e. The van der Waals surface area contributed by atoms with E-state index < -0.39 is 0 Å². The van der Waals surface area contributed by atoms with E-state index in [1.165, 1.54) is 12.4 Å². The van der Waals surface area contributed by atoms with E-state index in [1.54, 1.807) is 17.0 Å². The lowest BCUT2D eigenvalue weighted by atomic mass is 10.1. The summed E-state index contributed by atoms with van der Waals surface area (Å²) in [6.07, 6.45) is 4.28. The molecule has 1 aliphatic heterocycles. The third-order valence-electron chi connectivity index (χ3n) is 3.50. The van der Waals surface area contributed by atoms with Gasteiger partial charge >= 0.3 is 0 Å². The van der Waals surface area contributed by atoms with E-state index in [2.05, 4.69) is 25.9 Å². The Morgan fingerprint density at radius 2 is 2.26 bits per heavy atom. The molecule has 1 atom stereocenters. The summed E-state index contributed by atoms with van der Waals surface area (Å²) in [6, 6.07) is 5.27. The Hall–Kier alpha value is -2.40. The fraction of sp³-hybridized carbons (Fsp3) is 0.333. The lowest BCUT2D eigenvalue weighted by molar-refractivity contribution is 0.0498. The number of hydrogen-bond donors (Lipinski definition) is 0. The van der Waals surface area contributed by atoms with Crippen LogP contribution in [-0.4, -0.2) is 40.0 Å². The third kappa shape index (κ3) is 3.51. The number of furan rings is 1. The molecule has 0 radical (unpaired) electrons. The molecular weight excluding hydrogens is 364 g/mol. The Morgan fingerprint density at radius 1 is 1.43 bits per heavy atom. The predicted molar refractivity (Wildman–Crippen MR) is 82.7 cm³/mol. The third-order valence-corrected chi connectivity index (χ3v) is 3.92. The maximum atomic E-state index is 12.4. The second kappa shape index (κ2) is 6.79. The van der Waals surface area contributed by atoms with Crippen molar-refractivity contribution in [2.75, 3.05) is 13.1 Å². The van der Waals surface area contributed by atoms with Gasteiger partial charge in [-0.2, -0.15) is 5.26 Å². The fourth-order valence-corrected chi connectivity index (χ4v) is 2.76. The van der Waals surface area contributed by atoms with E-state index in [0.29, 0.717) is 17.8 Å². The first kappa shape index (κ1) is 15.5. The smallest absolute Gasteiger partial charge is 0.289 e. The lowest BCUT2D eigenvalue weighted by Crippen LogP contribution is -2.44. The van der Waals surface area contributed by atoms with Crippen molar-refractivity contribution in [3.8, 4) is 11.9 Å². The molecule has 0 bridgehead atoms. The van der Waals surface area contributed by atoms with Gasteiger partial charge in [0.2, 0.25) is 5.69 Å². The SMILES string of the molecule is N#Cc1nccnc1O[C@H]1CCCN(C(=O)c2ccc(Br)o2)C1. The number of aromatic nitrogens is 2. The highest BCUT2D eigenvalue weighted by molar-refractivity contribution is 9.10. The van der Waals surface area contributed by atoms with Gasteiger partial charge in [0.05, 0.1) is 6.54 Å². The van der Waals surface area contributed by atoms with Gasteiger partial charge in [0.15, 0.2) is 10.4 Å². The van der Waals surface area contributed by atoms with Gasteiger partial charge in [-0.05, 0) is 40.9 Å². The molecular formula is C15H13BrN4O3. The van der Waals surface area contributed by atoms with Gasteiger partial charge in [-0.3, -0.25) is 4.79 Å². The molecule has 8 heteroatoms. The van der Waals surface area contributed by atoms with Crippen LogP contribution in [0.3, 0.4) is 0 Å². The van der Waals surface area contributed by atoms with Gasteiger partial charge in [-0.15, -0.1) is 0 Å². The highest BCUT2D eigenvalue weighted by Gasteiger charge is 2.28. The molecule has 3 heterocycles. The van der Waals surface area contributed by atoms with Crippen LogP contribution in [-0.2, 0) is 0 Å².